The SMILES string of the molecule is FC(F)(F)c1cccnc1C1CCN(c2cnnc(Cl)c2Cl)CC1. The number of piperidine rings is 1. The standard InChI is InChI=1S/C15H13Cl2F3N4/c16-12-11(8-22-23-14(12)17)24-6-3-9(4-7-24)13-10(15(18,19)20)2-1-5-21-13/h1-2,5,8-9H,3-4,6-7H2. The van der Waals surface area contributed by atoms with Crippen molar-refractivity contribution in [2.45, 2.75) is 24.9 Å². The molecular weight excluding hydrogens is 364 g/mol. The minimum Gasteiger partial charge on any atom is -0.369 e. The molecule has 128 valence electrons. The van der Waals surface area contributed by atoms with Crippen molar-refractivity contribution in [3.63, 3.8) is 0 Å². The number of rotatable bonds is 2. The van der Waals surface area contributed by atoms with Crippen LogP contribution in [0.1, 0.15) is 30.0 Å². The van der Waals surface area contributed by atoms with E-state index < -0.39 is 11.7 Å². The highest BCUT2D eigenvalue weighted by Gasteiger charge is 2.37. The van der Waals surface area contributed by atoms with Crippen LogP contribution in [0.25, 0.3) is 0 Å². The van der Waals surface area contributed by atoms with Crippen molar-refractivity contribution >= 4 is 28.9 Å². The van der Waals surface area contributed by atoms with E-state index in [1.165, 1.54) is 18.5 Å². The molecule has 3 rings (SSSR count). The van der Waals surface area contributed by atoms with Crippen molar-refractivity contribution in [3.8, 4) is 0 Å². The van der Waals surface area contributed by atoms with E-state index in [9.17, 15) is 13.2 Å². The Morgan fingerprint density at radius 2 is 1.88 bits per heavy atom. The minimum atomic E-state index is -4.40. The number of hydrogen-bond donors (Lipinski definition) is 0. The summed E-state index contributed by atoms with van der Waals surface area (Å²) in [5.41, 5.74) is 0.101. The van der Waals surface area contributed by atoms with E-state index in [0.29, 0.717) is 36.6 Å². The van der Waals surface area contributed by atoms with Crippen LogP contribution in [0.4, 0.5) is 18.9 Å². The molecule has 24 heavy (non-hydrogen) atoms. The van der Waals surface area contributed by atoms with Crippen LogP contribution in [-0.4, -0.2) is 28.3 Å². The molecule has 3 heterocycles. The van der Waals surface area contributed by atoms with Crippen LogP contribution >= 0.6 is 23.2 Å². The fraction of sp³-hybridized carbons (Fsp3) is 0.400. The third kappa shape index (κ3) is 3.42. The van der Waals surface area contributed by atoms with E-state index in [1.54, 1.807) is 0 Å². The molecule has 0 saturated carbocycles. The van der Waals surface area contributed by atoms with Crippen LogP contribution in [0.2, 0.25) is 10.2 Å². The molecule has 0 bridgehead atoms. The Kier molecular flexibility index (Phi) is 4.83. The number of pyridine rings is 1. The largest absolute Gasteiger partial charge is 0.418 e. The molecule has 1 aliphatic rings. The maximum atomic E-state index is 13.1. The van der Waals surface area contributed by atoms with Crippen molar-refractivity contribution in [1.82, 2.24) is 15.2 Å². The van der Waals surface area contributed by atoms with Gasteiger partial charge >= 0.3 is 6.18 Å². The highest BCUT2D eigenvalue weighted by atomic mass is 35.5. The molecule has 0 N–H and O–H groups in total. The van der Waals surface area contributed by atoms with E-state index in [4.69, 9.17) is 23.2 Å². The van der Waals surface area contributed by atoms with Gasteiger partial charge in [0, 0.05) is 25.2 Å². The van der Waals surface area contributed by atoms with Crippen LogP contribution in [0.5, 0.6) is 0 Å². The van der Waals surface area contributed by atoms with Gasteiger partial charge < -0.3 is 4.90 Å². The molecule has 9 heteroatoms. The molecule has 1 aliphatic heterocycles. The van der Waals surface area contributed by atoms with Crippen LogP contribution < -0.4 is 4.90 Å². The molecule has 0 radical (unpaired) electrons. The van der Waals surface area contributed by atoms with E-state index in [-0.39, 0.29) is 16.8 Å². The summed E-state index contributed by atoms with van der Waals surface area (Å²) in [4.78, 5) is 5.94. The van der Waals surface area contributed by atoms with E-state index in [2.05, 4.69) is 15.2 Å². The second-order valence-electron chi connectivity index (χ2n) is 5.53. The lowest BCUT2D eigenvalue weighted by Gasteiger charge is -2.34. The normalized spacial score (nSPS) is 16.5. The Bertz CT molecular complexity index is 731. The van der Waals surface area contributed by atoms with Gasteiger partial charge in [0.1, 0.15) is 5.02 Å². The van der Waals surface area contributed by atoms with Gasteiger partial charge in [-0.05, 0) is 25.0 Å². The Morgan fingerprint density at radius 3 is 2.54 bits per heavy atom. The fourth-order valence-corrected chi connectivity index (χ4v) is 3.28. The molecule has 0 unspecified atom stereocenters. The predicted octanol–water partition coefficient (Wildman–Crippen LogP) is 4.58. The summed E-state index contributed by atoms with van der Waals surface area (Å²) in [6.45, 7) is 1.08. The number of aromatic nitrogens is 3. The number of nitrogens with zero attached hydrogens (tertiary/aromatic N) is 4. The summed E-state index contributed by atoms with van der Waals surface area (Å²) >= 11 is 12.0. The minimum absolute atomic E-state index is 0.111. The lowest BCUT2D eigenvalue weighted by Crippen LogP contribution is -2.34. The zero-order chi connectivity index (χ0) is 17.3. The second-order valence-corrected chi connectivity index (χ2v) is 6.27. The molecular formula is C15H13Cl2F3N4. The summed E-state index contributed by atoms with van der Waals surface area (Å²) in [5, 5.41) is 7.85. The Labute approximate surface area is 146 Å². The first kappa shape index (κ1) is 17.2. The smallest absolute Gasteiger partial charge is 0.369 e. The highest BCUT2D eigenvalue weighted by molar-refractivity contribution is 6.42. The third-order valence-electron chi connectivity index (χ3n) is 4.10. The molecule has 0 spiro atoms. The molecule has 1 saturated heterocycles. The lowest BCUT2D eigenvalue weighted by atomic mass is 9.90. The molecule has 1 fully saturated rings. The molecule has 0 aromatic carbocycles. The average molecular weight is 377 g/mol. The summed E-state index contributed by atoms with van der Waals surface area (Å²) in [6.07, 6.45) is -0.407. The molecule has 4 nitrogen and oxygen atoms in total. The number of hydrogen-bond acceptors (Lipinski definition) is 4. The van der Waals surface area contributed by atoms with Crippen LogP contribution in [0.15, 0.2) is 24.5 Å². The van der Waals surface area contributed by atoms with Crippen molar-refractivity contribution in [2.75, 3.05) is 18.0 Å². The number of alkyl halides is 3. The third-order valence-corrected chi connectivity index (χ3v) is 4.83. The molecule has 0 atom stereocenters. The maximum Gasteiger partial charge on any atom is 0.418 e. The van der Waals surface area contributed by atoms with Crippen molar-refractivity contribution in [3.05, 3.63) is 46.0 Å². The topological polar surface area (TPSA) is 41.9 Å². The molecule has 0 aliphatic carbocycles. The Balaban J connectivity index is 1.78. The van der Waals surface area contributed by atoms with Crippen LogP contribution in [-0.2, 0) is 6.18 Å². The van der Waals surface area contributed by atoms with E-state index in [0.717, 1.165) is 6.07 Å². The quantitative estimate of drug-likeness (QED) is 0.768. The van der Waals surface area contributed by atoms with Crippen LogP contribution in [0, 0.1) is 0 Å². The predicted molar refractivity (Wildman–Crippen MR) is 85.5 cm³/mol. The van der Waals surface area contributed by atoms with Gasteiger partial charge in [0.15, 0.2) is 5.15 Å². The zero-order valence-corrected chi connectivity index (χ0v) is 13.9. The average Bonchev–Trinajstić information content (AvgIpc) is 2.57. The van der Waals surface area contributed by atoms with Gasteiger partial charge in [0.2, 0.25) is 0 Å². The number of halogens is 5. The van der Waals surface area contributed by atoms with Gasteiger partial charge in [-0.2, -0.15) is 18.3 Å². The monoisotopic (exact) mass is 376 g/mol. The van der Waals surface area contributed by atoms with Crippen molar-refractivity contribution in [1.29, 1.82) is 0 Å². The summed E-state index contributed by atoms with van der Waals surface area (Å²) in [5.74, 6) is -0.247. The first-order valence-electron chi connectivity index (χ1n) is 7.31. The summed E-state index contributed by atoms with van der Waals surface area (Å²) < 4.78 is 39.4. The molecule has 0 amide bonds. The molecule has 2 aromatic rings. The molecule has 2 aromatic heterocycles. The van der Waals surface area contributed by atoms with Gasteiger partial charge in [-0.3, -0.25) is 4.98 Å². The highest BCUT2D eigenvalue weighted by Crippen LogP contribution is 2.39. The van der Waals surface area contributed by atoms with Gasteiger partial charge in [0.25, 0.3) is 0 Å². The summed E-state index contributed by atoms with van der Waals surface area (Å²) in [7, 11) is 0. The van der Waals surface area contributed by atoms with Gasteiger partial charge in [-0.15, -0.1) is 5.10 Å². The van der Waals surface area contributed by atoms with E-state index >= 15 is 0 Å². The Morgan fingerprint density at radius 1 is 1.17 bits per heavy atom. The van der Waals surface area contributed by atoms with Gasteiger partial charge in [-0.1, -0.05) is 23.2 Å². The lowest BCUT2D eigenvalue weighted by molar-refractivity contribution is -0.138. The second kappa shape index (κ2) is 6.72. The zero-order valence-electron chi connectivity index (χ0n) is 12.4. The first-order valence-corrected chi connectivity index (χ1v) is 8.07. The summed E-state index contributed by atoms with van der Waals surface area (Å²) in [6, 6.07) is 2.39. The maximum absolute atomic E-state index is 13.1. The first-order chi connectivity index (χ1) is 11.4. The van der Waals surface area contributed by atoms with Crippen molar-refractivity contribution < 1.29 is 13.2 Å². The van der Waals surface area contributed by atoms with Crippen molar-refractivity contribution in [2.24, 2.45) is 0 Å². The number of anilines is 1. The van der Waals surface area contributed by atoms with Gasteiger partial charge in [0.05, 0.1) is 23.1 Å². The van der Waals surface area contributed by atoms with E-state index in [1.807, 2.05) is 4.90 Å². The fourth-order valence-electron chi connectivity index (χ4n) is 2.94. The van der Waals surface area contributed by atoms with Gasteiger partial charge in [-0.25, -0.2) is 0 Å². The Hall–Kier alpha value is -1.60. The van der Waals surface area contributed by atoms with Crippen LogP contribution in [0.3, 0.4) is 0 Å².